The Morgan fingerprint density at radius 2 is 1.74 bits per heavy atom. The van der Waals surface area contributed by atoms with E-state index in [2.05, 4.69) is 5.32 Å². The molecule has 2 aliphatic heterocycles. The highest BCUT2D eigenvalue weighted by Gasteiger charge is 2.50. The van der Waals surface area contributed by atoms with Crippen molar-refractivity contribution in [3.8, 4) is 5.75 Å². The summed E-state index contributed by atoms with van der Waals surface area (Å²) in [7, 11) is 5.29. The van der Waals surface area contributed by atoms with Gasteiger partial charge in [-0.25, -0.2) is 19.2 Å². The molecule has 2 heterocycles. The lowest BCUT2D eigenvalue weighted by atomic mass is 9.98. The van der Waals surface area contributed by atoms with Crippen LogP contribution in [0.5, 0.6) is 5.75 Å². The first-order valence-electron chi connectivity index (χ1n) is 13.8. The van der Waals surface area contributed by atoms with Crippen LogP contribution >= 0.6 is 0 Å². The van der Waals surface area contributed by atoms with Gasteiger partial charge in [-0.3, -0.25) is 9.59 Å². The third-order valence-electron chi connectivity index (χ3n) is 7.69. The van der Waals surface area contributed by atoms with Crippen LogP contribution < -0.4 is 10.2 Å². The Bertz CT molecular complexity index is 1450. The SMILES string of the molecule is CN(C)c1cc(F)ccc1CN1C[C@H]2N(C(=O)CN(C)N2C(=O)NCc2ccccc2)[C@@H](Cc2ccc(O)cc2)C1=O. The molecule has 2 aliphatic rings. The molecule has 0 radical (unpaired) electrons. The third-order valence-corrected chi connectivity index (χ3v) is 7.69. The van der Waals surface area contributed by atoms with Crippen molar-refractivity contribution in [1.82, 2.24) is 25.1 Å². The van der Waals surface area contributed by atoms with Crippen molar-refractivity contribution in [2.24, 2.45) is 0 Å². The second-order valence-electron chi connectivity index (χ2n) is 10.9. The Kier molecular flexibility index (Phi) is 8.30. The number of phenols is 1. The third kappa shape index (κ3) is 6.01. The summed E-state index contributed by atoms with van der Waals surface area (Å²) in [4.78, 5) is 46.1. The second kappa shape index (κ2) is 12.1. The predicted octanol–water partition coefficient (Wildman–Crippen LogP) is 2.78. The molecule has 3 aromatic rings. The number of benzene rings is 3. The molecule has 4 amide bonds. The number of fused-ring (bicyclic) bond motifs is 1. The number of rotatable bonds is 7. The molecule has 5 rings (SSSR count). The van der Waals surface area contributed by atoms with Gasteiger partial charge < -0.3 is 25.1 Å². The Balaban J connectivity index is 1.49. The zero-order valence-corrected chi connectivity index (χ0v) is 23.9. The molecule has 0 aromatic heterocycles. The Hall–Kier alpha value is -4.64. The number of hydrazine groups is 1. The van der Waals surface area contributed by atoms with E-state index >= 15 is 0 Å². The number of hydrogen-bond donors (Lipinski definition) is 2. The van der Waals surface area contributed by atoms with Crippen LogP contribution in [-0.4, -0.2) is 89.2 Å². The summed E-state index contributed by atoms with van der Waals surface area (Å²) in [6, 6.07) is 19.2. The van der Waals surface area contributed by atoms with Gasteiger partial charge in [-0.15, -0.1) is 0 Å². The fourth-order valence-electron chi connectivity index (χ4n) is 5.65. The summed E-state index contributed by atoms with van der Waals surface area (Å²) in [5.74, 6) is -0.819. The van der Waals surface area contributed by atoms with E-state index in [1.807, 2.05) is 30.3 Å². The van der Waals surface area contributed by atoms with Crippen molar-refractivity contribution >= 4 is 23.5 Å². The van der Waals surface area contributed by atoms with Crippen LogP contribution in [0, 0.1) is 5.82 Å². The van der Waals surface area contributed by atoms with Crippen LogP contribution in [0.4, 0.5) is 14.9 Å². The highest BCUT2D eigenvalue weighted by molar-refractivity contribution is 5.91. The van der Waals surface area contributed by atoms with Crippen molar-refractivity contribution < 1.29 is 23.9 Å². The van der Waals surface area contributed by atoms with Crippen LogP contribution in [0.3, 0.4) is 0 Å². The zero-order chi connectivity index (χ0) is 30.0. The van der Waals surface area contributed by atoms with Crippen LogP contribution in [-0.2, 0) is 29.1 Å². The summed E-state index contributed by atoms with van der Waals surface area (Å²) >= 11 is 0. The van der Waals surface area contributed by atoms with Gasteiger partial charge in [-0.2, -0.15) is 0 Å². The van der Waals surface area contributed by atoms with Crippen LogP contribution in [0.1, 0.15) is 16.7 Å². The molecule has 0 saturated carbocycles. The van der Waals surface area contributed by atoms with E-state index in [1.54, 1.807) is 54.2 Å². The molecule has 2 atom stereocenters. The van der Waals surface area contributed by atoms with Gasteiger partial charge in [0, 0.05) is 46.3 Å². The average molecular weight is 575 g/mol. The minimum Gasteiger partial charge on any atom is -0.508 e. The zero-order valence-electron chi connectivity index (χ0n) is 23.9. The fraction of sp³-hybridized carbons (Fsp3) is 0.323. The summed E-state index contributed by atoms with van der Waals surface area (Å²) in [6.07, 6.45) is -0.569. The highest BCUT2D eigenvalue weighted by atomic mass is 19.1. The molecule has 0 unspecified atom stereocenters. The van der Waals surface area contributed by atoms with E-state index in [0.29, 0.717) is 12.2 Å². The molecule has 3 aromatic carbocycles. The monoisotopic (exact) mass is 574 g/mol. The number of hydrogen-bond acceptors (Lipinski definition) is 6. The number of amides is 4. The van der Waals surface area contributed by atoms with Gasteiger partial charge >= 0.3 is 6.03 Å². The maximum absolute atomic E-state index is 14.1. The lowest BCUT2D eigenvalue weighted by Gasteiger charge is -2.54. The number of piperazine rings is 1. The lowest BCUT2D eigenvalue weighted by molar-refractivity contribution is -0.187. The van der Waals surface area contributed by atoms with E-state index in [-0.39, 0.29) is 49.4 Å². The Morgan fingerprint density at radius 1 is 1.02 bits per heavy atom. The summed E-state index contributed by atoms with van der Waals surface area (Å²) in [6.45, 7) is 0.466. The van der Waals surface area contributed by atoms with Crippen LogP contribution in [0.2, 0.25) is 0 Å². The molecular weight excluding hydrogens is 539 g/mol. The van der Waals surface area contributed by atoms with Gasteiger partial charge in [0.1, 0.15) is 23.8 Å². The van der Waals surface area contributed by atoms with Gasteiger partial charge in [0.2, 0.25) is 11.8 Å². The van der Waals surface area contributed by atoms with Crippen molar-refractivity contribution in [1.29, 1.82) is 0 Å². The maximum Gasteiger partial charge on any atom is 0.334 e. The van der Waals surface area contributed by atoms with Crippen molar-refractivity contribution in [2.75, 3.05) is 39.1 Å². The molecule has 0 spiro atoms. The summed E-state index contributed by atoms with van der Waals surface area (Å²) < 4.78 is 14.1. The fourth-order valence-corrected chi connectivity index (χ4v) is 5.65. The smallest absolute Gasteiger partial charge is 0.334 e. The molecular formula is C31H35FN6O4. The number of anilines is 1. The van der Waals surface area contributed by atoms with Gasteiger partial charge in [0.05, 0.1) is 13.1 Å². The van der Waals surface area contributed by atoms with Crippen molar-refractivity contribution in [3.63, 3.8) is 0 Å². The summed E-state index contributed by atoms with van der Waals surface area (Å²) in [5.41, 5.74) is 3.06. The molecule has 2 fully saturated rings. The van der Waals surface area contributed by atoms with Gasteiger partial charge in [0.15, 0.2) is 0 Å². The lowest BCUT2D eigenvalue weighted by Crippen LogP contribution is -2.76. The second-order valence-corrected chi connectivity index (χ2v) is 10.9. The largest absolute Gasteiger partial charge is 0.508 e. The normalized spacial score (nSPS) is 19.1. The molecule has 0 aliphatic carbocycles. The first-order chi connectivity index (χ1) is 20.1. The molecule has 11 heteroatoms. The van der Waals surface area contributed by atoms with Gasteiger partial charge in [-0.1, -0.05) is 48.5 Å². The number of carbonyl (C=O) groups is 3. The molecule has 2 N–H and O–H groups in total. The maximum atomic E-state index is 14.1. The number of aromatic hydroxyl groups is 1. The number of likely N-dealkylation sites (N-methyl/N-ethyl adjacent to an activating group) is 1. The van der Waals surface area contributed by atoms with E-state index in [4.69, 9.17) is 0 Å². The molecule has 42 heavy (non-hydrogen) atoms. The number of nitrogens with one attached hydrogen (secondary N) is 1. The number of nitrogens with zero attached hydrogens (tertiary/aromatic N) is 5. The molecule has 0 bridgehead atoms. The Morgan fingerprint density at radius 3 is 2.43 bits per heavy atom. The highest BCUT2D eigenvalue weighted by Crippen LogP contribution is 2.30. The van der Waals surface area contributed by atoms with Crippen molar-refractivity contribution in [3.05, 3.63) is 95.3 Å². The topological polar surface area (TPSA) is 99.7 Å². The van der Waals surface area contributed by atoms with E-state index < -0.39 is 18.2 Å². The molecule has 220 valence electrons. The first-order valence-corrected chi connectivity index (χ1v) is 13.8. The number of urea groups is 1. The minimum absolute atomic E-state index is 0.0721. The van der Waals surface area contributed by atoms with E-state index in [0.717, 1.165) is 16.7 Å². The van der Waals surface area contributed by atoms with Crippen LogP contribution in [0.25, 0.3) is 0 Å². The minimum atomic E-state index is -0.887. The predicted molar refractivity (Wildman–Crippen MR) is 156 cm³/mol. The van der Waals surface area contributed by atoms with Gasteiger partial charge in [-0.05, 0) is 41.0 Å². The van der Waals surface area contributed by atoms with E-state index in [9.17, 15) is 23.9 Å². The standard InChI is InChI=1S/C31H35FN6O4/c1-34(2)26-16-24(32)12-11-23(26)18-36-19-28-37(27(30(36)41)15-21-9-13-25(39)14-10-21)29(40)20-35(3)38(28)31(42)33-17-22-7-5-4-6-8-22/h4-14,16,27-28,39H,15,17-20H2,1-3H3,(H,33,42)/t27-,28-/m0/s1. The molecule has 2 saturated heterocycles. The quantitative estimate of drug-likeness (QED) is 0.451. The average Bonchev–Trinajstić information content (AvgIpc) is 2.96. The Labute approximate surface area is 244 Å². The van der Waals surface area contributed by atoms with Crippen molar-refractivity contribution in [2.45, 2.75) is 31.7 Å². The molecule has 10 nitrogen and oxygen atoms in total. The number of phenolic OH excluding ortho intramolecular Hbond substituents is 1. The van der Waals surface area contributed by atoms with Crippen LogP contribution in [0.15, 0.2) is 72.8 Å². The van der Waals surface area contributed by atoms with E-state index in [1.165, 1.54) is 34.2 Å². The number of halogens is 1. The number of carbonyl (C=O) groups excluding carboxylic acids is 3. The first kappa shape index (κ1) is 28.9. The summed E-state index contributed by atoms with van der Waals surface area (Å²) in [5, 5.41) is 15.8. The van der Waals surface area contributed by atoms with Gasteiger partial charge in [0.25, 0.3) is 0 Å².